The third kappa shape index (κ3) is 9.53. The molecule has 0 aliphatic carbocycles. The van der Waals surface area contributed by atoms with Gasteiger partial charge in [-0.05, 0) is 108 Å². The Labute approximate surface area is 318 Å². The second-order valence-electron chi connectivity index (χ2n) is 12.8. The van der Waals surface area contributed by atoms with Crippen LogP contribution in [0.5, 0.6) is 11.5 Å². The largest absolute Gasteiger partial charge is 0.573 e. The highest BCUT2D eigenvalue weighted by Gasteiger charge is 2.33. The number of benzene rings is 4. The Bertz CT molecular complexity index is 2440. The molecule has 0 radical (unpaired) electrons. The zero-order valence-corrected chi connectivity index (χ0v) is 30.2. The first-order valence-corrected chi connectivity index (χ1v) is 18.3. The first-order valence-electron chi connectivity index (χ1n) is 16.5. The first kappa shape index (κ1) is 40.7. The normalized spacial score (nSPS) is 12.1. The predicted molar refractivity (Wildman–Crippen MR) is 189 cm³/mol. The summed E-state index contributed by atoms with van der Waals surface area (Å²) in [5.74, 6) is -7.62. The number of aryl methyl sites for hydroxylation is 2. The van der Waals surface area contributed by atoms with Gasteiger partial charge >= 0.3 is 12.7 Å². The second-order valence-corrected chi connectivity index (χ2v) is 14.8. The van der Waals surface area contributed by atoms with E-state index in [9.17, 15) is 34.8 Å². The molecule has 17 heteroatoms. The van der Waals surface area contributed by atoms with Crippen molar-refractivity contribution in [1.82, 2.24) is 9.97 Å². The third-order valence-corrected chi connectivity index (χ3v) is 10.2. The molecule has 6 aromatic rings. The molecule has 0 saturated heterocycles. The van der Waals surface area contributed by atoms with Crippen LogP contribution in [0.2, 0.25) is 0 Å². The standard InChI is InChI=1S/C40H26F10N2O4S/c1-21-11-23(3-5-37(21)55-39(45,46)47)27-7-9-51-17-31(27)29-15-33(41)25(13-35(29)43)19-57(53,54)20-26-14-36(44)30(16-34(26)42)32-18-52-10-8-28(32)24-4-6-38(22(2)12-24)56-40(48,49)50/h3-18H,19-20H2,1-2H3. The number of sulfone groups is 1. The van der Waals surface area contributed by atoms with Crippen molar-refractivity contribution in [1.29, 1.82) is 0 Å². The summed E-state index contributed by atoms with van der Waals surface area (Å²) >= 11 is 0. The van der Waals surface area contributed by atoms with Gasteiger partial charge in [0, 0.05) is 58.2 Å². The molecule has 0 amide bonds. The van der Waals surface area contributed by atoms with E-state index < -0.39 is 80.0 Å². The van der Waals surface area contributed by atoms with E-state index in [4.69, 9.17) is 0 Å². The van der Waals surface area contributed by atoms with E-state index in [2.05, 4.69) is 19.4 Å². The van der Waals surface area contributed by atoms with Crippen LogP contribution in [0.25, 0.3) is 44.5 Å². The van der Waals surface area contributed by atoms with Crippen LogP contribution in [-0.4, -0.2) is 31.1 Å². The highest BCUT2D eigenvalue weighted by Crippen LogP contribution is 2.39. The lowest BCUT2D eigenvalue weighted by Gasteiger charge is -2.16. The zero-order valence-electron chi connectivity index (χ0n) is 29.4. The molecule has 296 valence electrons. The van der Waals surface area contributed by atoms with Crippen LogP contribution < -0.4 is 9.47 Å². The van der Waals surface area contributed by atoms with Gasteiger partial charge in [-0.2, -0.15) is 0 Å². The highest BCUT2D eigenvalue weighted by atomic mass is 32.2. The van der Waals surface area contributed by atoms with Crippen LogP contribution in [0.1, 0.15) is 22.3 Å². The molecule has 0 unspecified atom stereocenters. The molecule has 6 nitrogen and oxygen atoms in total. The van der Waals surface area contributed by atoms with E-state index in [1.807, 2.05) is 0 Å². The summed E-state index contributed by atoms with van der Waals surface area (Å²) in [6.07, 6.45) is -4.84. The van der Waals surface area contributed by atoms with Crippen molar-refractivity contribution in [3.05, 3.63) is 143 Å². The average molecular weight is 821 g/mol. The molecule has 4 aromatic carbocycles. The van der Waals surface area contributed by atoms with Crippen molar-refractivity contribution in [3.63, 3.8) is 0 Å². The molecule has 2 heterocycles. The van der Waals surface area contributed by atoms with E-state index in [1.165, 1.54) is 75.0 Å². The monoisotopic (exact) mass is 820 g/mol. The number of rotatable bonds is 10. The topological polar surface area (TPSA) is 78.4 Å². The fraction of sp³-hybridized carbons (Fsp3) is 0.150. The minimum atomic E-state index is -4.94. The molecule has 0 aliphatic rings. The van der Waals surface area contributed by atoms with Crippen molar-refractivity contribution in [2.24, 2.45) is 0 Å². The molecule has 0 spiro atoms. The third-order valence-electron chi connectivity index (χ3n) is 8.67. The van der Waals surface area contributed by atoms with Crippen LogP contribution in [0.4, 0.5) is 43.9 Å². The number of ether oxygens (including phenoxy) is 2. The number of hydrogen-bond donors (Lipinski definition) is 0. The van der Waals surface area contributed by atoms with Gasteiger partial charge in [0.15, 0.2) is 9.84 Å². The van der Waals surface area contributed by atoms with Gasteiger partial charge in [-0.3, -0.25) is 9.97 Å². The number of nitrogens with zero attached hydrogens (tertiary/aromatic N) is 2. The fourth-order valence-electron chi connectivity index (χ4n) is 6.17. The van der Waals surface area contributed by atoms with Crippen molar-refractivity contribution in [2.75, 3.05) is 0 Å². The zero-order chi connectivity index (χ0) is 41.4. The molecular weight excluding hydrogens is 794 g/mol. The summed E-state index contributed by atoms with van der Waals surface area (Å²) < 4.78 is 173. The van der Waals surface area contributed by atoms with Crippen LogP contribution in [0.15, 0.2) is 97.6 Å². The van der Waals surface area contributed by atoms with E-state index in [1.54, 1.807) is 0 Å². The van der Waals surface area contributed by atoms with Gasteiger partial charge in [0.2, 0.25) is 0 Å². The number of alkyl halides is 6. The molecule has 57 heavy (non-hydrogen) atoms. The molecule has 0 bridgehead atoms. The second kappa shape index (κ2) is 15.5. The van der Waals surface area contributed by atoms with Crippen molar-refractivity contribution >= 4 is 9.84 Å². The van der Waals surface area contributed by atoms with Crippen LogP contribution >= 0.6 is 0 Å². The van der Waals surface area contributed by atoms with Crippen molar-refractivity contribution < 1.29 is 61.8 Å². The molecule has 0 aliphatic heterocycles. The van der Waals surface area contributed by atoms with Crippen LogP contribution in [0.3, 0.4) is 0 Å². The summed E-state index contributed by atoms with van der Waals surface area (Å²) in [5, 5.41) is 0. The van der Waals surface area contributed by atoms with Crippen LogP contribution in [0, 0.1) is 37.1 Å². The van der Waals surface area contributed by atoms with Crippen LogP contribution in [-0.2, 0) is 21.3 Å². The maximum Gasteiger partial charge on any atom is 0.573 e. The number of aromatic nitrogens is 2. The lowest BCUT2D eigenvalue weighted by molar-refractivity contribution is -0.275. The number of halogens is 10. The van der Waals surface area contributed by atoms with E-state index in [-0.39, 0.29) is 44.5 Å². The summed E-state index contributed by atoms with van der Waals surface area (Å²) in [7, 11) is -4.49. The Hall–Kier alpha value is -5.97. The minimum Gasteiger partial charge on any atom is -0.406 e. The van der Waals surface area contributed by atoms with Gasteiger partial charge in [-0.15, -0.1) is 26.3 Å². The van der Waals surface area contributed by atoms with E-state index in [0.717, 1.165) is 24.3 Å². The van der Waals surface area contributed by atoms with Gasteiger partial charge in [-0.1, -0.05) is 12.1 Å². The smallest absolute Gasteiger partial charge is 0.406 e. The first-order chi connectivity index (χ1) is 26.7. The molecule has 0 saturated carbocycles. The van der Waals surface area contributed by atoms with Gasteiger partial charge in [-0.25, -0.2) is 26.0 Å². The predicted octanol–water partition coefficient (Wildman–Crippen LogP) is 11.2. The van der Waals surface area contributed by atoms with Gasteiger partial charge < -0.3 is 9.47 Å². The van der Waals surface area contributed by atoms with Crippen molar-refractivity contribution in [2.45, 2.75) is 38.1 Å². The number of pyridine rings is 2. The van der Waals surface area contributed by atoms with Gasteiger partial charge in [0.25, 0.3) is 0 Å². The SMILES string of the molecule is Cc1cc(-c2ccncc2-c2cc(F)c(CS(=O)(=O)Cc3cc(F)c(-c4cnccc4-c4ccc(OC(F)(F)F)c(C)c4)cc3F)cc2F)ccc1OC(F)(F)F. The molecule has 0 N–H and O–H groups in total. The van der Waals surface area contributed by atoms with E-state index in [0.29, 0.717) is 23.3 Å². The fourth-order valence-corrected chi connectivity index (χ4v) is 7.66. The maximum atomic E-state index is 15.6. The number of hydrogen-bond acceptors (Lipinski definition) is 6. The summed E-state index contributed by atoms with van der Waals surface area (Å²) in [6.45, 7) is 2.72. The molecule has 2 aromatic heterocycles. The summed E-state index contributed by atoms with van der Waals surface area (Å²) in [4.78, 5) is 7.89. The average Bonchev–Trinajstić information content (AvgIpc) is 3.11. The minimum absolute atomic E-state index is 0.0317. The lowest BCUT2D eigenvalue weighted by atomic mass is 9.94. The Kier molecular flexibility index (Phi) is 11.1. The van der Waals surface area contributed by atoms with E-state index >= 15 is 17.6 Å². The molecule has 6 rings (SSSR count). The Morgan fingerprint density at radius 1 is 0.509 bits per heavy atom. The Morgan fingerprint density at radius 3 is 1.25 bits per heavy atom. The maximum absolute atomic E-state index is 15.6. The molecular formula is C40H26F10N2O4S. The quantitative estimate of drug-likeness (QED) is 0.128. The highest BCUT2D eigenvalue weighted by molar-refractivity contribution is 7.89. The van der Waals surface area contributed by atoms with Gasteiger partial charge in [0.1, 0.15) is 34.8 Å². The lowest BCUT2D eigenvalue weighted by Crippen LogP contribution is -2.17. The van der Waals surface area contributed by atoms with Gasteiger partial charge in [0.05, 0.1) is 11.5 Å². The van der Waals surface area contributed by atoms with Crippen molar-refractivity contribution in [3.8, 4) is 56.0 Å². The molecule has 0 atom stereocenters. The Balaban J connectivity index is 1.24. The Morgan fingerprint density at radius 2 is 0.895 bits per heavy atom. The molecule has 0 fully saturated rings. The summed E-state index contributed by atoms with van der Waals surface area (Å²) in [6, 6.07) is 13.0. The summed E-state index contributed by atoms with van der Waals surface area (Å²) in [5.41, 5.74) is -0.534.